The van der Waals surface area contributed by atoms with E-state index in [4.69, 9.17) is 9.47 Å². The number of aromatic nitrogens is 3. The summed E-state index contributed by atoms with van der Waals surface area (Å²) in [5.74, 6) is -0.545. The second-order valence-electron chi connectivity index (χ2n) is 11.1. The average Bonchev–Trinajstić information content (AvgIpc) is 3.30. The summed E-state index contributed by atoms with van der Waals surface area (Å²) in [7, 11) is -3.36. The number of hydrogen-bond donors (Lipinski definition) is 3. The van der Waals surface area contributed by atoms with Gasteiger partial charge < -0.3 is 14.6 Å². The minimum absolute atomic E-state index is 0.0968. The second kappa shape index (κ2) is 10.9. The summed E-state index contributed by atoms with van der Waals surface area (Å²) in [4.78, 5) is 12.6. The highest BCUT2D eigenvalue weighted by Gasteiger charge is 2.41. The van der Waals surface area contributed by atoms with E-state index in [0.717, 1.165) is 11.1 Å². The Morgan fingerprint density at radius 2 is 1.95 bits per heavy atom. The summed E-state index contributed by atoms with van der Waals surface area (Å²) < 4.78 is 38.5. The Labute approximate surface area is 231 Å². The van der Waals surface area contributed by atoms with Gasteiger partial charge in [0, 0.05) is 13.1 Å². The molecule has 1 unspecified atom stereocenters. The number of carboxylic acid groups (broad SMARTS) is 1. The van der Waals surface area contributed by atoms with Gasteiger partial charge in [0.05, 0.1) is 30.9 Å². The van der Waals surface area contributed by atoms with Crippen molar-refractivity contribution in [2.75, 3.05) is 6.54 Å². The fourth-order valence-corrected chi connectivity index (χ4v) is 6.40. The third kappa shape index (κ3) is 6.12. The molecule has 4 rings (SSSR count). The van der Waals surface area contributed by atoms with Crippen molar-refractivity contribution < 1.29 is 28.5 Å². The summed E-state index contributed by atoms with van der Waals surface area (Å²) >= 11 is 0. The standard InChI is InChI=1S/C28H38N4O6S/c1-7-31-16-22(29-30-31)17-37-25(28(5,6)26(33)34)20-13-12-19(2)21(14-20)15-32-18-27(3,4)38-23-10-8-9-11-24(23)39(32,35)36/h8-14,16,25,35-36H,7,15,17-18H2,1-6H3,(H,33,34). The fourth-order valence-electron chi connectivity index (χ4n) is 4.67. The number of fused-ring (bicyclic) bond motifs is 1. The van der Waals surface area contributed by atoms with Crippen LogP contribution >= 0.6 is 10.8 Å². The molecule has 1 atom stereocenters. The largest absolute Gasteiger partial charge is 0.484 e. The summed E-state index contributed by atoms with van der Waals surface area (Å²) in [6, 6.07) is 12.7. The Bertz CT molecular complexity index is 1340. The average molecular weight is 559 g/mol. The number of carbonyl (C=O) groups is 1. The van der Waals surface area contributed by atoms with Crippen LogP contribution in [0.5, 0.6) is 5.75 Å². The maximum atomic E-state index is 12.3. The molecule has 0 radical (unpaired) electrons. The Kier molecular flexibility index (Phi) is 8.11. The van der Waals surface area contributed by atoms with Crippen molar-refractivity contribution in [3.63, 3.8) is 0 Å². The molecule has 1 aromatic heterocycles. The van der Waals surface area contributed by atoms with E-state index in [1.807, 2.05) is 45.9 Å². The SMILES string of the molecule is CCn1cc(COC(c2ccc(C)c(CN3CC(C)(C)Oc4ccccc4S3(O)O)c2)C(C)(C)C(=O)O)nn1. The number of hydrogen-bond acceptors (Lipinski definition) is 8. The van der Waals surface area contributed by atoms with Crippen molar-refractivity contribution >= 4 is 16.7 Å². The van der Waals surface area contributed by atoms with Crippen LogP contribution in [0.25, 0.3) is 0 Å². The number of ether oxygens (including phenoxy) is 2. The van der Waals surface area contributed by atoms with E-state index in [1.54, 1.807) is 53.3 Å². The molecule has 39 heavy (non-hydrogen) atoms. The first-order chi connectivity index (χ1) is 18.2. The number of para-hydroxylation sites is 1. The lowest BCUT2D eigenvalue weighted by Gasteiger charge is -2.43. The van der Waals surface area contributed by atoms with E-state index < -0.39 is 33.9 Å². The maximum Gasteiger partial charge on any atom is 0.312 e. The van der Waals surface area contributed by atoms with Crippen LogP contribution in [-0.2, 0) is 29.2 Å². The number of benzene rings is 2. The molecule has 0 bridgehead atoms. The van der Waals surface area contributed by atoms with Gasteiger partial charge in [-0.25, -0.2) is 0 Å². The van der Waals surface area contributed by atoms with E-state index in [0.29, 0.717) is 28.4 Å². The number of aliphatic carboxylic acids is 1. The van der Waals surface area contributed by atoms with Crippen LogP contribution in [0.3, 0.4) is 0 Å². The summed E-state index contributed by atoms with van der Waals surface area (Å²) in [6.07, 6.45) is 0.975. The van der Waals surface area contributed by atoms with Crippen molar-refractivity contribution in [3.8, 4) is 5.75 Å². The van der Waals surface area contributed by atoms with Gasteiger partial charge in [0.1, 0.15) is 21.9 Å². The van der Waals surface area contributed by atoms with Crippen LogP contribution in [0.2, 0.25) is 0 Å². The van der Waals surface area contributed by atoms with Gasteiger partial charge in [-0.2, -0.15) is 4.31 Å². The molecule has 1 aliphatic heterocycles. The van der Waals surface area contributed by atoms with E-state index >= 15 is 0 Å². The molecule has 0 spiro atoms. The van der Waals surface area contributed by atoms with Gasteiger partial charge in [-0.15, -0.1) is 15.9 Å². The van der Waals surface area contributed by atoms with Gasteiger partial charge in [-0.05, 0) is 70.4 Å². The summed E-state index contributed by atoms with van der Waals surface area (Å²) in [6.45, 7) is 12.2. The third-order valence-electron chi connectivity index (χ3n) is 6.98. The molecule has 11 heteroatoms. The molecule has 2 aromatic carbocycles. The zero-order chi connectivity index (χ0) is 28.6. The maximum absolute atomic E-state index is 12.3. The molecule has 3 aromatic rings. The van der Waals surface area contributed by atoms with Crippen molar-refractivity contribution in [2.45, 2.75) is 77.8 Å². The molecule has 0 saturated carbocycles. The fraction of sp³-hybridized carbons (Fsp3) is 0.464. The molecule has 0 amide bonds. The van der Waals surface area contributed by atoms with E-state index in [2.05, 4.69) is 10.3 Å². The van der Waals surface area contributed by atoms with Crippen LogP contribution in [-0.4, -0.2) is 51.6 Å². The zero-order valence-electron chi connectivity index (χ0n) is 23.3. The minimum Gasteiger partial charge on any atom is -0.484 e. The van der Waals surface area contributed by atoms with Gasteiger partial charge in [0.25, 0.3) is 0 Å². The van der Waals surface area contributed by atoms with Gasteiger partial charge in [-0.1, -0.05) is 35.5 Å². The van der Waals surface area contributed by atoms with E-state index in [1.165, 1.54) is 0 Å². The Hall–Kier alpha value is -2.96. The lowest BCUT2D eigenvalue weighted by Crippen LogP contribution is -2.41. The molecule has 0 fully saturated rings. The van der Waals surface area contributed by atoms with Crippen molar-refractivity contribution in [1.29, 1.82) is 0 Å². The van der Waals surface area contributed by atoms with Gasteiger partial charge in [0.15, 0.2) is 0 Å². The van der Waals surface area contributed by atoms with Crippen LogP contribution < -0.4 is 4.74 Å². The molecule has 10 nitrogen and oxygen atoms in total. The van der Waals surface area contributed by atoms with Crippen LogP contribution in [0, 0.1) is 12.3 Å². The third-order valence-corrected chi connectivity index (χ3v) is 8.89. The highest BCUT2D eigenvalue weighted by atomic mass is 32.3. The Morgan fingerprint density at radius 3 is 2.62 bits per heavy atom. The molecule has 0 aliphatic carbocycles. The predicted molar refractivity (Wildman–Crippen MR) is 148 cm³/mol. The zero-order valence-corrected chi connectivity index (χ0v) is 24.1. The van der Waals surface area contributed by atoms with Crippen LogP contribution in [0.15, 0.2) is 53.6 Å². The molecular formula is C28H38N4O6S. The predicted octanol–water partition coefficient (Wildman–Crippen LogP) is 5.67. The highest BCUT2D eigenvalue weighted by Crippen LogP contribution is 2.58. The van der Waals surface area contributed by atoms with Crippen molar-refractivity contribution in [2.24, 2.45) is 5.41 Å². The first-order valence-electron chi connectivity index (χ1n) is 12.9. The first-order valence-corrected chi connectivity index (χ1v) is 14.4. The van der Waals surface area contributed by atoms with Gasteiger partial charge >= 0.3 is 5.97 Å². The molecule has 212 valence electrons. The number of nitrogens with zero attached hydrogens (tertiary/aromatic N) is 4. The monoisotopic (exact) mass is 558 g/mol. The molecule has 2 heterocycles. The van der Waals surface area contributed by atoms with Crippen molar-refractivity contribution in [1.82, 2.24) is 19.3 Å². The lowest BCUT2D eigenvalue weighted by atomic mass is 9.81. The second-order valence-corrected chi connectivity index (χ2v) is 13.1. The van der Waals surface area contributed by atoms with Crippen molar-refractivity contribution in [3.05, 3.63) is 71.0 Å². The molecule has 1 aliphatic rings. The molecular weight excluding hydrogens is 520 g/mol. The minimum atomic E-state index is -3.36. The first kappa shape index (κ1) is 29.0. The van der Waals surface area contributed by atoms with Crippen LogP contribution in [0.4, 0.5) is 0 Å². The summed E-state index contributed by atoms with van der Waals surface area (Å²) in [5.41, 5.74) is 1.10. The Morgan fingerprint density at radius 1 is 1.23 bits per heavy atom. The number of aryl methyl sites for hydroxylation is 2. The number of carboxylic acids is 1. The topological polar surface area (TPSA) is 130 Å². The highest BCUT2D eigenvalue weighted by molar-refractivity contribution is 8.22. The number of rotatable bonds is 9. The van der Waals surface area contributed by atoms with Gasteiger partial charge in [0.2, 0.25) is 0 Å². The smallest absolute Gasteiger partial charge is 0.312 e. The summed E-state index contributed by atoms with van der Waals surface area (Å²) in [5, 5.41) is 18.2. The lowest BCUT2D eigenvalue weighted by molar-refractivity contribution is -0.158. The molecule has 0 saturated heterocycles. The Balaban J connectivity index is 1.68. The van der Waals surface area contributed by atoms with E-state index in [9.17, 15) is 19.0 Å². The quantitative estimate of drug-likeness (QED) is 0.304. The van der Waals surface area contributed by atoms with Gasteiger partial charge in [-0.3, -0.25) is 18.6 Å². The van der Waals surface area contributed by atoms with Crippen LogP contribution in [0.1, 0.15) is 63.1 Å². The van der Waals surface area contributed by atoms with E-state index in [-0.39, 0.29) is 19.7 Å². The normalized spacial score (nSPS) is 18.5. The molecule has 3 N–H and O–H groups in total.